The predicted molar refractivity (Wildman–Crippen MR) is 43.3 cm³/mol. The second kappa shape index (κ2) is 5.52. The summed E-state index contributed by atoms with van der Waals surface area (Å²) in [6.07, 6.45) is 1.73. The SMILES string of the molecule is CCCC(OC)(OC)OCC. The third-order valence-corrected chi connectivity index (χ3v) is 1.54. The van der Waals surface area contributed by atoms with Gasteiger partial charge in [0.25, 0.3) is 5.97 Å². The van der Waals surface area contributed by atoms with Gasteiger partial charge in [-0.05, 0) is 13.3 Å². The van der Waals surface area contributed by atoms with Crippen molar-refractivity contribution < 1.29 is 14.2 Å². The van der Waals surface area contributed by atoms with Crippen LogP contribution in [0.2, 0.25) is 0 Å². The normalized spacial score (nSPS) is 12.0. The Morgan fingerprint density at radius 3 is 1.91 bits per heavy atom. The highest BCUT2D eigenvalue weighted by molar-refractivity contribution is 4.53. The summed E-state index contributed by atoms with van der Waals surface area (Å²) < 4.78 is 15.6. The van der Waals surface area contributed by atoms with E-state index in [4.69, 9.17) is 14.2 Å². The Hall–Kier alpha value is -0.120. The van der Waals surface area contributed by atoms with Crippen LogP contribution in [0.4, 0.5) is 0 Å². The first kappa shape index (κ1) is 10.9. The Labute approximate surface area is 68.6 Å². The molecule has 0 rings (SSSR count). The molecule has 0 aliphatic carbocycles. The van der Waals surface area contributed by atoms with Crippen LogP contribution in [0.5, 0.6) is 0 Å². The molecule has 0 saturated heterocycles. The van der Waals surface area contributed by atoms with Gasteiger partial charge in [0.1, 0.15) is 0 Å². The maximum absolute atomic E-state index is 5.32. The zero-order chi connectivity index (χ0) is 8.74. The number of methoxy groups -OCH3 is 2. The molecule has 0 N–H and O–H groups in total. The predicted octanol–water partition coefficient (Wildman–Crippen LogP) is 1.77. The van der Waals surface area contributed by atoms with Crippen LogP contribution in [0.1, 0.15) is 26.7 Å². The number of hydrogen-bond acceptors (Lipinski definition) is 3. The van der Waals surface area contributed by atoms with E-state index in [0.717, 1.165) is 12.8 Å². The quantitative estimate of drug-likeness (QED) is 0.557. The van der Waals surface area contributed by atoms with E-state index in [-0.39, 0.29) is 0 Å². The van der Waals surface area contributed by atoms with E-state index < -0.39 is 5.97 Å². The lowest BCUT2D eigenvalue weighted by molar-refractivity contribution is -0.363. The summed E-state index contributed by atoms with van der Waals surface area (Å²) in [7, 11) is 3.18. The van der Waals surface area contributed by atoms with Gasteiger partial charge in [-0.2, -0.15) is 0 Å². The van der Waals surface area contributed by atoms with E-state index in [9.17, 15) is 0 Å². The van der Waals surface area contributed by atoms with Gasteiger partial charge in [-0.3, -0.25) is 0 Å². The summed E-state index contributed by atoms with van der Waals surface area (Å²) in [6.45, 7) is 4.58. The number of hydrogen-bond donors (Lipinski definition) is 0. The summed E-state index contributed by atoms with van der Waals surface area (Å²) >= 11 is 0. The first-order valence-electron chi connectivity index (χ1n) is 3.99. The summed E-state index contributed by atoms with van der Waals surface area (Å²) in [5, 5.41) is 0. The Bertz CT molecular complexity index is 81.3. The van der Waals surface area contributed by atoms with E-state index in [1.165, 1.54) is 0 Å². The Morgan fingerprint density at radius 1 is 1.09 bits per heavy atom. The van der Waals surface area contributed by atoms with Crippen molar-refractivity contribution in [3.63, 3.8) is 0 Å². The van der Waals surface area contributed by atoms with Crippen LogP contribution in [0, 0.1) is 0 Å². The summed E-state index contributed by atoms with van der Waals surface area (Å²) in [5.74, 6) is -0.816. The molecule has 11 heavy (non-hydrogen) atoms. The molecule has 68 valence electrons. The van der Waals surface area contributed by atoms with Crippen molar-refractivity contribution in [3.8, 4) is 0 Å². The monoisotopic (exact) mass is 162 g/mol. The molecule has 0 radical (unpaired) electrons. The average molecular weight is 162 g/mol. The minimum absolute atomic E-state index is 0.599. The van der Waals surface area contributed by atoms with Crippen LogP contribution < -0.4 is 0 Å². The molecule has 0 unspecified atom stereocenters. The zero-order valence-corrected chi connectivity index (χ0v) is 7.85. The number of ether oxygens (including phenoxy) is 3. The van der Waals surface area contributed by atoms with Crippen molar-refractivity contribution in [2.45, 2.75) is 32.7 Å². The van der Waals surface area contributed by atoms with Gasteiger partial charge in [0.15, 0.2) is 0 Å². The average Bonchev–Trinajstić information content (AvgIpc) is 2.04. The van der Waals surface area contributed by atoms with Crippen molar-refractivity contribution in [1.82, 2.24) is 0 Å². The molecule has 0 aromatic heterocycles. The first-order valence-corrected chi connectivity index (χ1v) is 3.99. The fraction of sp³-hybridized carbons (Fsp3) is 1.00. The van der Waals surface area contributed by atoms with E-state index in [1.54, 1.807) is 14.2 Å². The van der Waals surface area contributed by atoms with Crippen LogP contribution in [-0.4, -0.2) is 26.8 Å². The van der Waals surface area contributed by atoms with Crippen LogP contribution in [0.15, 0.2) is 0 Å². The van der Waals surface area contributed by atoms with Gasteiger partial charge in [0.2, 0.25) is 0 Å². The maximum atomic E-state index is 5.32. The largest absolute Gasteiger partial charge is 0.331 e. The highest BCUT2D eigenvalue weighted by atomic mass is 16.9. The first-order chi connectivity index (χ1) is 5.24. The molecule has 0 aliphatic rings. The third kappa shape index (κ3) is 3.18. The van der Waals surface area contributed by atoms with Gasteiger partial charge in [0, 0.05) is 27.2 Å². The van der Waals surface area contributed by atoms with Gasteiger partial charge >= 0.3 is 0 Å². The second-order valence-corrected chi connectivity index (χ2v) is 2.27. The molecule has 0 saturated carbocycles. The smallest absolute Gasteiger partial charge is 0.282 e. The van der Waals surface area contributed by atoms with Crippen LogP contribution in [-0.2, 0) is 14.2 Å². The van der Waals surface area contributed by atoms with Crippen molar-refractivity contribution in [2.24, 2.45) is 0 Å². The minimum Gasteiger partial charge on any atom is -0.331 e. The van der Waals surface area contributed by atoms with Crippen LogP contribution >= 0.6 is 0 Å². The Morgan fingerprint density at radius 2 is 1.64 bits per heavy atom. The molecule has 3 nitrogen and oxygen atoms in total. The third-order valence-electron chi connectivity index (χ3n) is 1.54. The van der Waals surface area contributed by atoms with Crippen molar-refractivity contribution in [1.29, 1.82) is 0 Å². The number of rotatable bonds is 6. The van der Waals surface area contributed by atoms with Gasteiger partial charge in [-0.25, -0.2) is 0 Å². The van der Waals surface area contributed by atoms with Gasteiger partial charge in [0.05, 0.1) is 0 Å². The molecule has 0 aromatic carbocycles. The topological polar surface area (TPSA) is 27.7 Å². The van der Waals surface area contributed by atoms with Crippen molar-refractivity contribution in [3.05, 3.63) is 0 Å². The molecule has 0 bridgehead atoms. The lowest BCUT2D eigenvalue weighted by Gasteiger charge is -2.29. The highest BCUT2D eigenvalue weighted by Crippen LogP contribution is 2.19. The lowest BCUT2D eigenvalue weighted by atomic mass is 10.3. The van der Waals surface area contributed by atoms with Gasteiger partial charge < -0.3 is 14.2 Å². The van der Waals surface area contributed by atoms with Crippen LogP contribution in [0.25, 0.3) is 0 Å². The zero-order valence-electron chi connectivity index (χ0n) is 7.85. The molecule has 0 spiro atoms. The van der Waals surface area contributed by atoms with E-state index in [2.05, 4.69) is 6.92 Å². The van der Waals surface area contributed by atoms with E-state index >= 15 is 0 Å². The molecule has 0 fully saturated rings. The molecule has 0 aromatic rings. The summed E-state index contributed by atoms with van der Waals surface area (Å²) in [6, 6.07) is 0. The summed E-state index contributed by atoms with van der Waals surface area (Å²) in [4.78, 5) is 0. The van der Waals surface area contributed by atoms with Gasteiger partial charge in [-0.1, -0.05) is 6.92 Å². The van der Waals surface area contributed by atoms with Crippen molar-refractivity contribution >= 4 is 0 Å². The van der Waals surface area contributed by atoms with Crippen molar-refractivity contribution in [2.75, 3.05) is 20.8 Å². The maximum Gasteiger partial charge on any atom is 0.282 e. The fourth-order valence-electron chi connectivity index (χ4n) is 1.00. The van der Waals surface area contributed by atoms with Gasteiger partial charge in [-0.15, -0.1) is 0 Å². The Balaban J connectivity index is 3.96. The molecule has 3 heteroatoms. The highest BCUT2D eigenvalue weighted by Gasteiger charge is 2.28. The molecule has 0 heterocycles. The van der Waals surface area contributed by atoms with E-state index in [0.29, 0.717) is 6.61 Å². The molecular weight excluding hydrogens is 144 g/mol. The lowest BCUT2D eigenvalue weighted by Crippen LogP contribution is -2.36. The molecule has 0 aliphatic heterocycles. The fourth-order valence-corrected chi connectivity index (χ4v) is 1.00. The second-order valence-electron chi connectivity index (χ2n) is 2.27. The molecular formula is C8H18O3. The minimum atomic E-state index is -0.816. The molecule has 0 amide bonds. The van der Waals surface area contributed by atoms with Crippen LogP contribution in [0.3, 0.4) is 0 Å². The molecule has 0 atom stereocenters. The summed E-state index contributed by atoms with van der Waals surface area (Å²) in [5.41, 5.74) is 0. The Kier molecular flexibility index (Phi) is 5.46. The van der Waals surface area contributed by atoms with E-state index in [1.807, 2.05) is 6.92 Å². The standard InChI is InChI=1S/C8H18O3/c1-5-7-8(9-3,10-4)11-6-2/h5-7H2,1-4H3.